The molecule has 0 atom stereocenters. The predicted molar refractivity (Wildman–Crippen MR) is 69.7 cm³/mol. The summed E-state index contributed by atoms with van der Waals surface area (Å²) in [7, 11) is 0. The third-order valence-electron chi connectivity index (χ3n) is 2.47. The molecule has 0 saturated carbocycles. The van der Waals surface area contributed by atoms with Gasteiger partial charge in [0.2, 0.25) is 0 Å². The van der Waals surface area contributed by atoms with Gasteiger partial charge in [-0.15, -0.1) is 11.3 Å². The largest absolute Gasteiger partial charge is 0.462 e. The van der Waals surface area contributed by atoms with Crippen molar-refractivity contribution in [1.82, 2.24) is 4.98 Å². The van der Waals surface area contributed by atoms with Gasteiger partial charge in [0.15, 0.2) is 10.8 Å². The van der Waals surface area contributed by atoms with E-state index in [1.54, 1.807) is 17.6 Å². The lowest BCUT2D eigenvalue weighted by Crippen LogP contribution is -1.89. The molecule has 3 aromatic rings. The van der Waals surface area contributed by atoms with Crippen molar-refractivity contribution < 1.29 is 4.42 Å². The highest BCUT2D eigenvalue weighted by Gasteiger charge is 2.09. The number of anilines is 1. The lowest BCUT2D eigenvalue weighted by molar-refractivity contribution is 0.582. The van der Waals surface area contributed by atoms with Crippen LogP contribution < -0.4 is 5.73 Å². The summed E-state index contributed by atoms with van der Waals surface area (Å²) in [4.78, 5) is 4.53. The summed E-state index contributed by atoms with van der Waals surface area (Å²) in [5.74, 6) is 0.788. The topological polar surface area (TPSA) is 52.0 Å². The number of furan rings is 1. The van der Waals surface area contributed by atoms with Crippen molar-refractivity contribution in [3.8, 4) is 22.0 Å². The van der Waals surface area contributed by atoms with Crippen molar-refractivity contribution in [1.29, 1.82) is 0 Å². The molecule has 4 heteroatoms. The third-order valence-corrected chi connectivity index (χ3v) is 3.33. The van der Waals surface area contributed by atoms with Crippen LogP contribution in [0.5, 0.6) is 0 Å². The maximum atomic E-state index is 5.92. The lowest BCUT2D eigenvalue weighted by Gasteiger charge is -2.00. The van der Waals surface area contributed by atoms with Crippen molar-refractivity contribution in [2.75, 3.05) is 5.73 Å². The van der Waals surface area contributed by atoms with Crippen LogP contribution in [-0.4, -0.2) is 4.98 Å². The molecular formula is C13H10N2OS. The number of aromatic nitrogens is 1. The van der Waals surface area contributed by atoms with Crippen LogP contribution in [0.3, 0.4) is 0 Å². The molecule has 0 unspecified atom stereocenters. The van der Waals surface area contributed by atoms with Crippen molar-refractivity contribution in [3.05, 3.63) is 48.0 Å². The second kappa shape index (κ2) is 4.07. The van der Waals surface area contributed by atoms with Gasteiger partial charge in [-0.05, 0) is 18.2 Å². The van der Waals surface area contributed by atoms with Gasteiger partial charge in [0.25, 0.3) is 0 Å². The second-order valence-corrected chi connectivity index (χ2v) is 4.46. The van der Waals surface area contributed by atoms with Crippen molar-refractivity contribution in [3.63, 3.8) is 0 Å². The van der Waals surface area contributed by atoms with Gasteiger partial charge in [-0.2, -0.15) is 0 Å². The maximum absolute atomic E-state index is 5.92. The summed E-state index contributed by atoms with van der Waals surface area (Å²) in [6, 6.07) is 11.5. The van der Waals surface area contributed by atoms with E-state index in [1.165, 1.54) is 0 Å². The predicted octanol–water partition coefficient (Wildman–Crippen LogP) is 3.65. The fourth-order valence-electron chi connectivity index (χ4n) is 1.64. The van der Waals surface area contributed by atoms with Crippen LogP contribution in [0, 0.1) is 0 Å². The van der Waals surface area contributed by atoms with E-state index in [4.69, 9.17) is 10.2 Å². The highest BCUT2D eigenvalue weighted by Crippen LogP contribution is 2.31. The normalized spacial score (nSPS) is 10.6. The summed E-state index contributed by atoms with van der Waals surface area (Å²) in [6.07, 6.45) is 1.65. The molecule has 84 valence electrons. The summed E-state index contributed by atoms with van der Waals surface area (Å²) in [5, 5.41) is 2.86. The van der Waals surface area contributed by atoms with Crippen LogP contribution in [0.25, 0.3) is 22.0 Å². The summed E-state index contributed by atoms with van der Waals surface area (Å²) in [5.41, 5.74) is 8.51. The molecule has 0 bridgehead atoms. The monoisotopic (exact) mass is 242 g/mol. The van der Waals surface area contributed by atoms with Gasteiger partial charge in [-0.25, -0.2) is 4.98 Å². The minimum Gasteiger partial charge on any atom is -0.462 e. The number of nitrogen functional groups attached to an aromatic ring is 1. The highest BCUT2D eigenvalue weighted by molar-refractivity contribution is 7.13. The van der Waals surface area contributed by atoms with Gasteiger partial charge in [0.1, 0.15) is 0 Å². The average Bonchev–Trinajstić information content (AvgIpc) is 3.00. The Hall–Kier alpha value is -2.07. The van der Waals surface area contributed by atoms with Gasteiger partial charge < -0.3 is 10.2 Å². The Morgan fingerprint density at radius 3 is 2.76 bits per heavy atom. The van der Waals surface area contributed by atoms with Crippen molar-refractivity contribution in [2.24, 2.45) is 0 Å². The molecule has 0 saturated heterocycles. The molecule has 0 amide bonds. The van der Waals surface area contributed by atoms with Crippen molar-refractivity contribution in [2.45, 2.75) is 0 Å². The van der Waals surface area contributed by atoms with Crippen LogP contribution in [0.2, 0.25) is 0 Å². The number of hydrogen-bond acceptors (Lipinski definition) is 4. The van der Waals surface area contributed by atoms with Crippen LogP contribution >= 0.6 is 11.3 Å². The molecule has 2 aromatic heterocycles. The molecule has 3 nitrogen and oxygen atoms in total. The molecule has 0 aliphatic heterocycles. The first-order valence-electron chi connectivity index (χ1n) is 5.19. The van der Waals surface area contributed by atoms with Gasteiger partial charge in [-0.1, -0.05) is 18.2 Å². The maximum Gasteiger partial charge on any atom is 0.162 e. The average molecular weight is 242 g/mol. The molecular weight excluding hydrogens is 232 g/mol. The van der Waals surface area contributed by atoms with Crippen molar-refractivity contribution >= 4 is 17.0 Å². The van der Waals surface area contributed by atoms with Crippen LogP contribution in [0.15, 0.2) is 52.5 Å². The van der Waals surface area contributed by atoms with E-state index in [9.17, 15) is 0 Å². The third kappa shape index (κ3) is 1.83. The fourth-order valence-corrected chi connectivity index (χ4v) is 2.43. The number of nitrogens with zero attached hydrogens (tertiary/aromatic N) is 1. The Balaban J connectivity index is 2.04. The van der Waals surface area contributed by atoms with E-state index >= 15 is 0 Å². The van der Waals surface area contributed by atoms with E-state index in [0.717, 1.165) is 27.7 Å². The molecule has 0 aliphatic rings. The molecule has 0 fully saturated rings. The fraction of sp³-hybridized carbons (Fsp3) is 0. The SMILES string of the molecule is Nc1ccccc1-c1csc(-c2ccco2)n1. The van der Waals surface area contributed by atoms with Gasteiger partial charge in [-0.3, -0.25) is 0 Å². The van der Waals surface area contributed by atoms with Crippen LogP contribution in [0.4, 0.5) is 5.69 Å². The summed E-state index contributed by atoms with van der Waals surface area (Å²) >= 11 is 1.55. The molecule has 0 aliphatic carbocycles. The molecule has 0 spiro atoms. The van der Waals surface area contributed by atoms with E-state index < -0.39 is 0 Å². The first kappa shape index (κ1) is 10.1. The molecule has 17 heavy (non-hydrogen) atoms. The second-order valence-electron chi connectivity index (χ2n) is 3.60. The minimum absolute atomic E-state index is 0.740. The molecule has 2 heterocycles. The smallest absolute Gasteiger partial charge is 0.162 e. The first-order valence-corrected chi connectivity index (χ1v) is 6.07. The molecule has 2 N–H and O–H groups in total. The summed E-state index contributed by atoms with van der Waals surface area (Å²) < 4.78 is 5.32. The highest BCUT2D eigenvalue weighted by atomic mass is 32.1. The first-order chi connectivity index (χ1) is 8.34. The van der Waals surface area contributed by atoms with E-state index in [2.05, 4.69) is 4.98 Å². The lowest BCUT2D eigenvalue weighted by atomic mass is 10.1. The minimum atomic E-state index is 0.740. The molecule has 0 radical (unpaired) electrons. The van der Waals surface area contributed by atoms with E-state index in [1.807, 2.05) is 41.8 Å². The van der Waals surface area contributed by atoms with Gasteiger partial charge in [0.05, 0.1) is 12.0 Å². The zero-order valence-corrected chi connectivity index (χ0v) is 9.78. The van der Waals surface area contributed by atoms with Crippen LogP contribution in [-0.2, 0) is 0 Å². The van der Waals surface area contributed by atoms with E-state index in [-0.39, 0.29) is 0 Å². The Morgan fingerprint density at radius 1 is 1.12 bits per heavy atom. The Bertz CT molecular complexity index is 628. The van der Waals surface area contributed by atoms with Crippen LogP contribution in [0.1, 0.15) is 0 Å². The number of hydrogen-bond donors (Lipinski definition) is 1. The van der Waals surface area contributed by atoms with Gasteiger partial charge in [0, 0.05) is 16.6 Å². The molecule has 3 rings (SSSR count). The van der Waals surface area contributed by atoms with Gasteiger partial charge >= 0.3 is 0 Å². The molecule has 1 aromatic carbocycles. The zero-order chi connectivity index (χ0) is 11.7. The Labute approximate surface area is 103 Å². The number of thiazole rings is 1. The van der Waals surface area contributed by atoms with E-state index in [0.29, 0.717) is 0 Å². The number of para-hydroxylation sites is 1. The number of benzene rings is 1. The number of nitrogens with two attached hydrogens (primary N) is 1. The quantitative estimate of drug-likeness (QED) is 0.698. The Morgan fingerprint density at radius 2 is 2.00 bits per heavy atom. The summed E-state index contributed by atoms with van der Waals surface area (Å²) in [6.45, 7) is 0. The zero-order valence-electron chi connectivity index (χ0n) is 8.96. The number of rotatable bonds is 2. The standard InChI is InChI=1S/C13H10N2OS/c14-10-5-2-1-4-9(10)11-8-17-13(15-11)12-6-3-7-16-12/h1-8H,14H2. The Kier molecular flexibility index (Phi) is 2.42.